The minimum Gasteiger partial charge on any atom is -0.396 e. The zero-order valence-electron chi connectivity index (χ0n) is 10.6. The summed E-state index contributed by atoms with van der Waals surface area (Å²) in [6.07, 6.45) is 9.37. The Balaban J connectivity index is 2.03. The van der Waals surface area contributed by atoms with Crippen LogP contribution in [0.3, 0.4) is 0 Å². The van der Waals surface area contributed by atoms with E-state index in [2.05, 4.69) is 11.0 Å². The van der Waals surface area contributed by atoms with Crippen LogP contribution in [0, 0.1) is 17.2 Å². The highest BCUT2D eigenvalue weighted by molar-refractivity contribution is 4.98. The van der Waals surface area contributed by atoms with Gasteiger partial charge in [-0.3, -0.25) is 4.90 Å². The van der Waals surface area contributed by atoms with Crippen molar-refractivity contribution in [2.24, 2.45) is 5.92 Å². The van der Waals surface area contributed by atoms with Crippen molar-refractivity contribution in [1.82, 2.24) is 4.90 Å². The van der Waals surface area contributed by atoms with Gasteiger partial charge in [-0.2, -0.15) is 5.26 Å². The molecule has 1 heterocycles. The van der Waals surface area contributed by atoms with Gasteiger partial charge in [-0.15, -0.1) is 0 Å². The predicted octanol–water partition coefficient (Wildman–Crippen LogP) is 2.31. The molecular weight excluding hydrogens is 212 g/mol. The summed E-state index contributed by atoms with van der Waals surface area (Å²) in [6.45, 7) is 1.42. The van der Waals surface area contributed by atoms with E-state index in [4.69, 9.17) is 5.11 Å². The van der Waals surface area contributed by atoms with Gasteiger partial charge in [0.1, 0.15) is 0 Å². The second-order valence-corrected chi connectivity index (χ2v) is 5.49. The first-order valence-corrected chi connectivity index (χ1v) is 7.13. The molecule has 3 heteroatoms. The van der Waals surface area contributed by atoms with Gasteiger partial charge >= 0.3 is 0 Å². The smallest absolute Gasteiger partial charge is 0.0672 e. The number of nitrogens with zero attached hydrogens (tertiary/aromatic N) is 2. The van der Waals surface area contributed by atoms with Crippen molar-refractivity contribution >= 4 is 0 Å². The Hall–Kier alpha value is -0.590. The fourth-order valence-corrected chi connectivity index (χ4v) is 3.58. The third kappa shape index (κ3) is 3.00. The lowest BCUT2D eigenvalue weighted by Crippen LogP contribution is -2.50. The van der Waals surface area contributed by atoms with E-state index in [0.29, 0.717) is 12.1 Å². The molecule has 17 heavy (non-hydrogen) atoms. The van der Waals surface area contributed by atoms with Crippen LogP contribution < -0.4 is 0 Å². The molecule has 0 aromatic rings. The van der Waals surface area contributed by atoms with Crippen molar-refractivity contribution in [1.29, 1.82) is 5.26 Å². The average molecular weight is 236 g/mol. The van der Waals surface area contributed by atoms with Crippen molar-refractivity contribution in [2.45, 2.75) is 63.5 Å². The summed E-state index contributed by atoms with van der Waals surface area (Å²) < 4.78 is 0. The number of likely N-dealkylation sites (tertiary alicyclic amines) is 1. The molecule has 3 atom stereocenters. The zero-order valence-corrected chi connectivity index (χ0v) is 10.6. The number of nitriles is 1. The molecule has 1 aliphatic heterocycles. The first-order chi connectivity index (χ1) is 8.36. The highest BCUT2D eigenvalue weighted by Gasteiger charge is 2.34. The molecule has 0 bridgehead atoms. The Bertz CT molecular complexity index is 272. The molecule has 3 unspecified atom stereocenters. The molecule has 0 amide bonds. The van der Waals surface area contributed by atoms with Gasteiger partial charge in [0, 0.05) is 18.7 Å². The van der Waals surface area contributed by atoms with E-state index in [9.17, 15) is 5.26 Å². The maximum atomic E-state index is 9.28. The number of aliphatic hydroxyl groups excluding tert-OH is 1. The van der Waals surface area contributed by atoms with Crippen LogP contribution in [0.4, 0.5) is 0 Å². The largest absolute Gasteiger partial charge is 0.396 e. The van der Waals surface area contributed by atoms with E-state index in [-0.39, 0.29) is 12.5 Å². The Morgan fingerprint density at radius 3 is 2.65 bits per heavy atom. The number of hydrogen-bond donors (Lipinski definition) is 1. The van der Waals surface area contributed by atoms with Crippen LogP contribution in [0.5, 0.6) is 0 Å². The fraction of sp³-hybridized carbons (Fsp3) is 0.929. The molecule has 2 fully saturated rings. The Kier molecular flexibility index (Phi) is 4.82. The molecule has 0 spiro atoms. The minimum absolute atomic E-state index is 0.225. The first kappa shape index (κ1) is 12.9. The Labute approximate surface area is 104 Å². The topological polar surface area (TPSA) is 47.3 Å². The maximum absolute atomic E-state index is 9.28. The van der Waals surface area contributed by atoms with E-state index in [0.717, 1.165) is 19.4 Å². The summed E-state index contributed by atoms with van der Waals surface area (Å²) >= 11 is 0. The first-order valence-electron chi connectivity index (χ1n) is 7.13. The molecule has 1 saturated carbocycles. The number of aliphatic hydroxyl groups is 1. The summed E-state index contributed by atoms with van der Waals surface area (Å²) in [6, 6.07) is 3.49. The van der Waals surface area contributed by atoms with E-state index in [1.807, 2.05) is 0 Å². The van der Waals surface area contributed by atoms with Crippen LogP contribution in [0.2, 0.25) is 0 Å². The fourth-order valence-electron chi connectivity index (χ4n) is 3.58. The highest BCUT2D eigenvalue weighted by atomic mass is 16.3. The number of hydrogen-bond acceptors (Lipinski definition) is 3. The van der Waals surface area contributed by atoms with Gasteiger partial charge in [-0.05, 0) is 38.6 Å². The highest BCUT2D eigenvalue weighted by Crippen LogP contribution is 2.33. The lowest BCUT2D eigenvalue weighted by atomic mass is 9.82. The average Bonchev–Trinajstić information content (AvgIpc) is 2.40. The van der Waals surface area contributed by atoms with Gasteiger partial charge in [0.15, 0.2) is 0 Å². The third-order valence-electron chi connectivity index (χ3n) is 4.46. The van der Waals surface area contributed by atoms with Crippen molar-refractivity contribution in [2.75, 3.05) is 13.2 Å². The Morgan fingerprint density at radius 1 is 1.12 bits per heavy atom. The lowest BCUT2D eigenvalue weighted by Gasteiger charge is -2.44. The van der Waals surface area contributed by atoms with E-state index in [1.165, 1.54) is 38.5 Å². The molecule has 3 nitrogen and oxygen atoms in total. The zero-order chi connectivity index (χ0) is 12.1. The molecule has 1 N–H and O–H groups in total. The van der Waals surface area contributed by atoms with E-state index in [1.54, 1.807) is 0 Å². The molecule has 0 aromatic carbocycles. The van der Waals surface area contributed by atoms with Gasteiger partial charge in [0.2, 0.25) is 0 Å². The molecule has 96 valence electrons. The summed E-state index contributed by atoms with van der Waals surface area (Å²) in [5, 5.41) is 18.4. The summed E-state index contributed by atoms with van der Waals surface area (Å²) in [7, 11) is 0. The third-order valence-corrected chi connectivity index (χ3v) is 4.46. The van der Waals surface area contributed by atoms with Crippen LogP contribution in [-0.4, -0.2) is 35.2 Å². The molecule has 1 aliphatic carbocycles. The predicted molar refractivity (Wildman–Crippen MR) is 67.4 cm³/mol. The standard InChI is InChI=1S/C14H24N2O/c15-11-12-5-1-2-7-14(12)16-9-4-3-6-13(16)8-10-17/h12-14,17H,1-10H2. The minimum atomic E-state index is 0.225. The summed E-state index contributed by atoms with van der Waals surface area (Å²) in [5.41, 5.74) is 0. The van der Waals surface area contributed by atoms with Crippen molar-refractivity contribution in [3.63, 3.8) is 0 Å². The summed E-state index contributed by atoms with van der Waals surface area (Å²) in [4.78, 5) is 2.55. The second kappa shape index (κ2) is 6.37. The van der Waals surface area contributed by atoms with Crippen molar-refractivity contribution in [3.05, 3.63) is 0 Å². The van der Waals surface area contributed by atoms with Crippen LogP contribution in [0.25, 0.3) is 0 Å². The SMILES string of the molecule is N#CC1CCCCC1N1CCCCC1CCO. The quantitative estimate of drug-likeness (QED) is 0.818. The molecule has 2 aliphatic rings. The maximum Gasteiger partial charge on any atom is 0.0672 e. The summed E-state index contributed by atoms with van der Waals surface area (Å²) in [5.74, 6) is 0.225. The van der Waals surface area contributed by atoms with Crippen LogP contribution in [0.1, 0.15) is 51.4 Å². The van der Waals surface area contributed by atoms with Crippen LogP contribution in [-0.2, 0) is 0 Å². The molecule has 0 aromatic heterocycles. The van der Waals surface area contributed by atoms with E-state index < -0.39 is 0 Å². The monoisotopic (exact) mass is 236 g/mol. The molecule has 2 rings (SSSR count). The number of rotatable bonds is 3. The van der Waals surface area contributed by atoms with E-state index >= 15 is 0 Å². The van der Waals surface area contributed by atoms with Gasteiger partial charge < -0.3 is 5.11 Å². The van der Waals surface area contributed by atoms with Gasteiger partial charge in [-0.25, -0.2) is 0 Å². The normalized spacial score (nSPS) is 35.4. The van der Waals surface area contributed by atoms with Crippen molar-refractivity contribution < 1.29 is 5.11 Å². The molecular formula is C14H24N2O. The van der Waals surface area contributed by atoms with Gasteiger partial charge in [0.05, 0.1) is 12.0 Å². The van der Waals surface area contributed by atoms with Gasteiger partial charge in [0.25, 0.3) is 0 Å². The van der Waals surface area contributed by atoms with Gasteiger partial charge in [-0.1, -0.05) is 19.3 Å². The molecule has 1 saturated heterocycles. The Morgan fingerprint density at radius 2 is 1.88 bits per heavy atom. The van der Waals surface area contributed by atoms with Crippen LogP contribution in [0.15, 0.2) is 0 Å². The number of piperidine rings is 1. The van der Waals surface area contributed by atoms with Crippen molar-refractivity contribution in [3.8, 4) is 6.07 Å². The second-order valence-electron chi connectivity index (χ2n) is 5.49. The van der Waals surface area contributed by atoms with Crippen LogP contribution >= 0.6 is 0 Å². The molecule has 0 radical (unpaired) electrons. The lowest BCUT2D eigenvalue weighted by molar-refractivity contribution is 0.0412.